The number of hydrogen-bond acceptors (Lipinski definition) is 2. The maximum atomic E-state index is 11.0. The first-order valence-electron chi connectivity index (χ1n) is 11.1. The highest BCUT2D eigenvalue weighted by Crippen LogP contribution is 2.27. The standard InChI is InChI=1S/C22H45NO/c1-4-7-8-9-10-11-12-13-14-15-16-17-18-19-20-21-22(5-2,6-3)23-24/h4-21H2,1-3H3. The molecule has 144 valence electrons. The summed E-state index contributed by atoms with van der Waals surface area (Å²) in [4.78, 5) is 11.0. The lowest BCUT2D eigenvalue weighted by atomic mass is 9.88. The van der Waals surface area contributed by atoms with Crippen LogP contribution in [0.15, 0.2) is 5.18 Å². The second kappa shape index (κ2) is 17.4. The highest BCUT2D eigenvalue weighted by atomic mass is 16.3. The fourth-order valence-corrected chi connectivity index (χ4v) is 3.60. The van der Waals surface area contributed by atoms with Crippen molar-refractivity contribution in [3.63, 3.8) is 0 Å². The van der Waals surface area contributed by atoms with Crippen molar-refractivity contribution >= 4 is 0 Å². The molecule has 0 rings (SSSR count). The largest absolute Gasteiger partial charge is 0.150 e. The summed E-state index contributed by atoms with van der Waals surface area (Å²) in [6.07, 6.45) is 23.6. The molecule has 0 aromatic carbocycles. The molecule has 2 heteroatoms. The molecule has 0 saturated heterocycles. The monoisotopic (exact) mass is 339 g/mol. The lowest BCUT2D eigenvalue weighted by molar-refractivity contribution is 0.350. The average molecular weight is 340 g/mol. The molecule has 0 bridgehead atoms. The van der Waals surface area contributed by atoms with Crippen molar-refractivity contribution in [2.45, 2.75) is 142 Å². The Balaban J connectivity index is 3.24. The molecule has 0 aliphatic rings. The van der Waals surface area contributed by atoms with E-state index in [9.17, 15) is 4.91 Å². The fourth-order valence-electron chi connectivity index (χ4n) is 3.60. The number of nitrogens with zero attached hydrogens (tertiary/aromatic N) is 1. The fraction of sp³-hybridized carbons (Fsp3) is 1.00. The molecule has 0 amide bonds. The summed E-state index contributed by atoms with van der Waals surface area (Å²) in [7, 11) is 0. The van der Waals surface area contributed by atoms with Crippen molar-refractivity contribution in [2.24, 2.45) is 5.18 Å². The van der Waals surface area contributed by atoms with Crippen LogP contribution >= 0.6 is 0 Å². The van der Waals surface area contributed by atoms with Crippen LogP contribution < -0.4 is 0 Å². The first-order valence-corrected chi connectivity index (χ1v) is 11.1. The van der Waals surface area contributed by atoms with Crippen molar-refractivity contribution in [3.8, 4) is 0 Å². The third-order valence-electron chi connectivity index (χ3n) is 5.76. The third kappa shape index (κ3) is 13.0. The summed E-state index contributed by atoms with van der Waals surface area (Å²) in [6, 6.07) is 0. The van der Waals surface area contributed by atoms with Gasteiger partial charge in [-0.05, 0) is 19.3 Å². The number of rotatable bonds is 19. The van der Waals surface area contributed by atoms with E-state index >= 15 is 0 Å². The molecular weight excluding hydrogens is 294 g/mol. The van der Waals surface area contributed by atoms with E-state index < -0.39 is 0 Å². The van der Waals surface area contributed by atoms with Crippen molar-refractivity contribution in [1.82, 2.24) is 0 Å². The lowest BCUT2D eigenvalue weighted by Crippen LogP contribution is -2.23. The van der Waals surface area contributed by atoms with E-state index in [0.717, 1.165) is 19.3 Å². The maximum absolute atomic E-state index is 11.0. The van der Waals surface area contributed by atoms with E-state index in [2.05, 4.69) is 25.9 Å². The average Bonchev–Trinajstić information content (AvgIpc) is 2.62. The molecule has 0 aliphatic carbocycles. The van der Waals surface area contributed by atoms with E-state index in [4.69, 9.17) is 0 Å². The Labute approximate surface area is 152 Å². The predicted molar refractivity (Wildman–Crippen MR) is 109 cm³/mol. The molecule has 2 nitrogen and oxygen atoms in total. The minimum atomic E-state index is -0.267. The zero-order valence-corrected chi connectivity index (χ0v) is 17.1. The van der Waals surface area contributed by atoms with E-state index in [1.54, 1.807) is 0 Å². The van der Waals surface area contributed by atoms with Gasteiger partial charge in [0.2, 0.25) is 0 Å². The quantitative estimate of drug-likeness (QED) is 0.171. The van der Waals surface area contributed by atoms with Crippen LogP contribution in [-0.2, 0) is 0 Å². The van der Waals surface area contributed by atoms with Crippen LogP contribution in [0.25, 0.3) is 0 Å². The second-order valence-corrected chi connectivity index (χ2v) is 7.72. The van der Waals surface area contributed by atoms with Crippen LogP contribution in [0.1, 0.15) is 136 Å². The summed E-state index contributed by atoms with van der Waals surface area (Å²) in [5.41, 5.74) is -0.267. The van der Waals surface area contributed by atoms with Gasteiger partial charge in [-0.1, -0.05) is 122 Å². The van der Waals surface area contributed by atoms with Crippen molar-refractivity contribution in [3.05, 3.63) is 4.91 Å². The van der Waals surface area contributed by atoms with Gasteiger partial charge >= 0.3 is 0 Å². The molecule has 0 fully saturated rings. The predicted octanol–water partition coefficient (Wildman–Crippen LogP) is 8.57. The lowest BCUT2D eigenvalue weighted by Gasteiger charge is -2.22. The highest BCUT2D eigenvalue weighted by molar-refractivity contribution is 4.84. The molecule has 0 aromatic heterocycles. The molecule has 0 aliphatic heterocycles. The molecule has 0 unspecified atom stereocenters. The molecule has 0 N–H and O–H groups in total. The molecular formula is C22H45NO. The smallest absolute Gasteiger partial charge is 0.102 e. The minimum Gasteiger partial charge on any atom is -0.150 e. The summed E-state index contributed by atoms with van der Waals surface area (Å²) in [5.74, 6) is 0. The van der Waals surface area contributed by atoms with Crippen molar-refractivity contribution in [2.75, 3.05) is 0 Å². The van der Waals surface area contributed by atoms with Gasteiger partial charge < -0.3 is 0 Å². The molecule has 0 atom stereocenters. The van der Waals surface area contributed by atoms with Crippen LogP contribution in [0, 0.1) is 4.91 Å². The van der Waals surface area contributed by atoms with E-state index in [0.29, 0.717) is 0 Å². The molecule has 24 heavy (non-hydrogen) atoms. The number of unbranched alkanes of at least 4 members (excludes halogenated alkanes) is 14. The van der Waals surface area contributed by atoms with Crippen molar-refractivity contribution in [1.29, 1.82) is 0 Å². The molecule has 0 aromatic rings. The van der Waals surface area contributed by atoms with Gasteiger partial charge in [0.25, 0.3) is 0 Å². The Kier molecular flexibility index (Phi) is 17.1. The molecule has 0 radical (unpaired) electrons. The van der Waals surface area contributed by atoms with Crippen LogP contribution in [0.5, 0.6) is 0 Å². The topological polar surface area (TPSA) is 29.4 Å². The van der Waals surface area contributed by atoms with E-state index in [-0.39, 0.29) is 5.54 Å². The Morgan fingerprint density at radius 2 is 0.875 bits per heavy atom. The van der Waals surface area contributed by atoms with Crippen molar-refractivity contribution < 1.29 is 0 Å². The Hall–Kier alpha value is -0.400. The maximum Gasteiger partial charge on any atom is 0.102 e. The summed E-state index contributed by atoms with van der Waals surface area (Å²) < 4.78 is 0. The van der Waals surface area contributed by atoms with E-state index in [1.807, 2.05) is 0 Å². The summed E-state index contributed by atoms with van der Waals surface area (Å²) in [5, 5.41) is 3.41. The molecule has 0 saturated carbocycles. The van der Waals surface area contributed by atoms with Crippen LogP contribution in [0.3, 0.4) is 0 Å². The van der Waals surface area contributed by atoms with Gasteiger partial charge in [-0.15, -0.1) is 0 Å². The van der Waals surface area contributed by atoms with Gasteiger partial charge in [-0.3, -0.25) is 0 Å². The Bertz CT molecular complexity index is 261. The van der Waals surface area contributed by atoms with Crippen LogP contribution in [-0.4, -0.2) is 5.54 Å². The van der Waals surface area contributed by atoms with Gasteiger partial charge in [-0.2, -0.15) is 4.91 Å². The molecule has 0 heterocycles. The summed E-state index contributed by atoms with van der Waals surface area (Å²) in [6.45, 7) is 6.47. The number of hydrogen-bond donors (Lipinski definition) is 0. The second-order valence-electron chi connectivity index (χ2n) is 7.72. The number of nitroso groups, excluding NO2 is 1. The SMILES string of the molecule is CCCCCCCCCCCCCCCCCC(CC)(CC)N=O. The zero-order valence-electron chi connectivity index (χ0n) is 17.1. The summed E-state index contributed by atoms with van der Waals surface area (Å²) >= 11 is 0. The van der Waals surface area contributed by atoms with Gasteiger partial charge in [0.1, 0.15) is 5.54 Å². The van der Waals surface area contributed by atoms with Gasteiger partial charge in [0, 0.05) is 0 Å². The highest BCUT2D eigenvalue weighted by Gasteiger charge is 2.26. The first kappa shape index (κ1) is 23.6. The van der Waals surface area contributed by atoms with Crippen LogP contribution in [0.2, 0.25) is 0 Å². The van der Waals surface area contributed by atoms with Gasteiger partial charge in [0.05, 0.1) is 0 Å². The molecule has 0 spiro atoms. The van der Waals surface area contributed by atoms with E-state index in [1.165, 1.54) is 96.3 Å². The Morgan fingerprint density at radius 3 is 1.17 bits per heavy atom. The Morgan fingerprint density at radius 1 is 0.542 bits per heavy atom. The van der Waals surface area contributed by atoms with Crippen LogP contribution in [0.4, 0.5) is 0 Å². The minimum absolute atomic E-state index is 0.267. The van der Waals surface area contributed by atoms with Gasteiger partial charge in [-0.25, -0.2) is 0 Å². The first-order chi connectivity index (χ1) is 11.7. The van der Waals surface area contributed by atoms with Gasteiger partial charge in [0.15, 0.2) is 0 Å². The third-order valence-corrected chi connectivity index (χ3v) is 5.76. The normalized spacial score (nSPS) is 11.8. The zero-order chi connectivity index (χ0) is 17.9.